The standard InChI is InChI=1S/C17H20BrNO2/c1-3-21-15-9-7-13(8-10-15)12(2)19-11-14-5-4-6-16(18)17(14)20/h4-10,12,19-20H,3,11H2,1-2H3. The Hall–Kier alpha value is -1.52. The number of phenols is 1. The SMILES string of the molecule is CCOc1ccc(C(C)NCc2cccc(Br)c2O)cc1. The molecule has 0 spiro atoms. The van der Waals surface area contributed by atoms with Crippen molar-refractivity contribution < 1.29 is 9.84 Å². The normalized spacial score (nSPS) is 12.1. The number of rotatable bonds is 6. The number of aromatic hydroxyl groups is 1. The molecule has 0 heterocycles. The summed E-state index contributed by atoms with van der Waals surface area (Å²) < 4.78 is 6.16. The largest absolute Gasteiger partial charge is 0.506 e. The fourth-order valence-corrected chi connectivity index (χ4v) is 2.51. The molecule has 1 unspecified atom stereocenters. The van der Waals surface area contributed by atoms with E-state index in [2.05, 4.69) is 40.3 Å². The maximum atomic E-state index is 9.97. The summed E-state index contributed by atoms with van der Waals surface area (Å²) in [4.78, 5) is 0. The quantitative estimate of drug-likeness (QED) is 0.811. The summed E-state index contributed by atoms with van der Waals surface area (Å²) in [5, 5.41) is 13.4. The molecule has 2 aromatic rings. The van der Waals surface area contributed by atoms with Gasteiger partial charge in [-0.25, -0.2) is 0 Å². The van der Waals surface area contributed by atoms with Crippen LogP contribution in [-0.4, -0.2) is 11.7 Å². The molecule has 0 radical (unpaired) electrons. The number of benzene rings is 2. The van der Waals surface area contributed by atoms with Gasteiger partial charge in [-0.05, 0) is 53.5 Å². The van der Waals surface area contributed by atoms with E-state index in [4.69, 9.17) is 4.74 Å². The molecule has 0 fully saturated rings. The van der Waals surface area contributed by atoms with Crippen molar-refractivity contribution in [3.8, 4) is 11.5 Å². The molecule has 0 saturated carbocycles. The van der Waals surface area contributed by atoms with E-state index in [1.165, 1.54) is 5.56 Å². The van der Waals surface area contributed by atoms with Crippen LogP contribution in [0.4, 0.5) is 0 Å². The number of phenolic OH excluding ortho intramolecular Hbond substituents is 1. The highest BCUT2D eigenvalue weighted by Crippen LogP contribution is 2.27. The Labute approximate surface area is 134 Å². The first-order chi connectivity index (χ1) is 10.1. The van der Waals surface area contributed by atoms with Gasteiger partial charge < -0.3 is 15.2 Å². The summed E-state index contributed by atoms with van der Waals surface area (Å²) >= 11 is 3.33. The fraction of sp³-hybridized carbons (Fsp3) is 0.294. The van der Waals surface area contributed by atoms with Crippen LogP contribution in [0.25, 0.3) is 0 Å². The smallest absolute Gasteiger partial charge is 0.134 e. The van der Waals surface area contributed by atoms with Crippen molar-refractivity contribution in [1.29, 1.82) is 0 Å². The summed E-state index contributed by atoms with van der Waals surface area (Å²) in [6.45, 7) is 5.36. The molecule has 2 aromatic carbocycles. The van der Waals surface area contributed by atoms with E-state index in [0.29, 0.717) is 18.9 Å². The van der Waals surface area contributed by atoms with Crippen molar-refractivity contribution in [3.05, 3.63) is 58.1 Å². The zero-order chi connectivity index (χ0) is 15.2. The minimum atomic E-state index is 0.194. The second-order valence-electron chi connectivity index (χ2n) is 4.85. The lowest BCUT2D eigenvalue weighted by Gasteiger charge is -2.16. The van der Waals surface area contributed by atoms with Gasteiger partial charge in [0.2, 0.25) is 0 Å². The Morgan fingerprint density at radius 3 is 2.57 bits per heavy atom. The molecule has 0 amide bonds. The van der Waals surface area contributed by atoms with Crippen molar-refractivity contribution in [2.24, 2.45) is 0 Å². The highest BCUT2D eigenvalue weighted by Gasteiger charge is 2.08. The first kappa shape index (κ1) is 15.9. The molecule has 21 heavy (non-hydrogen) atoms. The van der Waals surface area contributed by atoms with Crippen LogP contribution in [0.3, 0.4) is 0 Å². The predicted molar refractivity (Wildman–Crippen MR) is 88.7 cm³/mol. The number of hydrogen-bond donors (Lipinski definition) is 2. The second-order valence-corrected chi connectivity index (χ2v) is 5.71. The number of nitrogens with one attached hydrogen (secondary N) is 1. The molecule has 0 aromatic heterocycles. The van der Waals surface area contributed by atoms with E-state index in [1.807, 2.05) is 37.3 Å². The van der Waals surface area contributed by atoms with Gasteiger partial charge in [0, 0.05) is 18.2 Å². The van der Waals surface area contributed by atoms with Gasteiger partial charge in [-0.2, -0.15) is 0 Å². The Balaban J connectivity index is 1.98. The van der Waals surface area contributed by atoms with Crippen LogP contribution in [-0.2, 0) is 6.54 Å². The van der Waals surface area contributed by atoms with Crippen LogP contribution >= 0.6 is 15.9 Å². The number of ether oxygens (including phenoxy) is 1. The van der Waals surface area contributed by atoms with Gasteiger partial charge in [-0.3, -0.25) is 0 Å². The number of para-hydroxylation sites is 1. The third-order valence-corrected chi connectivity index (χ3v) is 4.00. The lowest BCUT2D eigenvalue weighted by Crippen LogP contribution is -2.18. The van der Waals surface area contributed by atoms with E-state index in [0.717, 1.165) is 15.8 Å². The average Bonchev–Trinajstić information content (AvgIpc) is 2.49. The number of halogens is 1. The minimum absolute atomic E-state index is 0.194. The van der Waals surface area contributed by atoms with Crippen molar-refractivity contribution in [2.45, 2.75) is 26.4 Å². The van der Waals surface area contributed by atoms with Crippen molar-refractivity contribution >= 4 is 15.9 Å². The third kappa shape index (κ3) is 4.22. The zero-order valence-corrected chi connectivity index (χ0v) is 13.9. The van der Waals surface area contributed by atoms with Crippen LogP contribution in [0.5, 0.6) is 11.5 Å². The molecular weight excluding hydrogens is 330 g/mol. The molecule has 3 nitrogen and oxygen atoms in total. The molecule has 0 saturated heterocycles. The topological polar surface area (TPSA) is 41.5 Å². The fourth-order valence-electron chi connectivity index (χ4n) is 2.10. The molecule has 4 heteroatoms. The molecule has 2 rings (SSSR count). The Kier molecular flexibility index (Phi) is 5.65. The molecular formula is C17H20BrNO2. The first-order valence-electron chi connectivity index (χ1n) is 7.04. The van der Waals surface area contributed by atoms with Crippen molar-refractivity contribution in [3.63, 3.8) is 0 Å². The zero-order valence-electron chi connectivity index (χ0n) is 12.3. The van der Waals surface area contributed by atoms with Gasteiger partial charge in [0.25, 0.3) is 0 Å². The lowest BCUT2D eigenvalue weighted by molar-refractivity contribution is 0.340. The van der Waals surface area contributed by atoms with Crippen LogP contribution in [0.1, 0.15) is 31.0 Å². The summed E-state index contributed by atoms with van der Waals surface area (Å²) in [5.74, 6) is 1.18. The Morgan fingerprint density at radius 1 is 1.19 bits per heavy atom. The van der Waals surface area contributed by atoms with Crippen molar-refractivity contribution in [1.82, 2.24) is 5.32 Å². The van der Waals surface area contributed by atoms with Crippen LogP contribution in [0, 0.1) is 0 Å². The Bertz CT molecular complexity index is 584. The molecule has 0 aliphatic carbocycles. The van der Waals surface area contributed by atoms with Crippen molar-refractivity contribution in [2.75, 3.05) is 6.61 Å². The number of hydrogen-bond acceptors (Lipinski definition) is 3. The summed E-state index contributed by atoms with van der Waals surface area (Å²) in [6, 6.07) is 13.9. The molecule has 0 aliphatic rings. The van der Waals surface area contributed by atoms with Gasteiger partial charge in [-0.15, -0.1) is 0 Å². The van der Waals surface area contributed by atoms with E-state index < -0.39 is 0 Å². The van der Waals surface area contributed by atoms with E-state index in [9.17, 15) is 5.11 Å². The van der Waals surface area contributed by atoms with Gasteiger partial charge >= 0.3 is 0 Å². The minimum Gasteiger partial charge on any atom is -0.506 e. The predicted octanol–water partition coefficient (Wildman–Crippen LogP) is 4.40. The molecule has 0 aliphatic heterocycles. The Morgan fingerprint density at radius 2 is 1.90 bits per heavy atom. The van der Waals surface area contributed by atoms with E-state index in [1.54, 1.807) is 0 Å². The summed E-state index contributed by atoms with van der Waals surface area (Å²) in [5.41, 5.74) is 2.06. The highest BCUT2D eigenvalue weighted by atomic mass is 79.9. The van der Waals surface area contributed by atoms with Crippen LogP contribution in [0.15, 0.2) is 46.9 Å². The van der Waals surface area contributed by atoms with Gasteiger partial charge in [0.05, 0.1) is 11.1 Å². The van der Waals surface area contributed by atoms with E-state index >= 15 is 0 Å². The van der Waals surface area contributed by atoms with Gasteiger partial charge in [-0.1, -0.05) is 24.3 Å². The molecule has 2 N–H and O–H groups in total. The highest BCUT2D eigenvalue weighted by molar-refractivity contribution is 9.10. The van der Waals surface area contributed by atoms with Crippen LogP contribution < -0.4 is 10.1 Å². The molecule has 0 bridgehead atoms. The van der Waals surface area contributed by atoms with Gasteiger partial charge in [0.15, 0.2) is 0 Å². The summed E-state index contributed by atoms with van der Waals surface area (Å²) in [6.07, 6.45) is 0. The average molecular weight is 350 g/mol. The van der Waals surface area contributed by atoms with Crippen LogP contribution in [0.2, 0.25) is 0 Å². The second kappa shape index (κ2) is 7.48. The summed E-state index contributed by atoms with van der Waals surface area (Å²) in [7, 11) is 0. The van der Waals surface area contributed by atoms with Gasteiger partial charge in [0.1, 0.15) is 11.5 Å². The van der Waals surface area contributed by atoms with E-state index in [-0.39, 0.29) is 6.04 Å². The third-order valence-electron chi connectivity index (χ3n) is 3.36. The molecule has 112 valence electrons. The molecule has 1 atom stereocenters. The first-order valence-corrected chi connectivity index (χ1v) is 7.83. The maximum absolute atomic E-state index is 9.97. The monoisotopic (exact) mass is 349 g/mol. The maximum Gasteiger partial charge on any atom is 0.134 e. The lowest BCUT2D eigenvalue weighted by atomic mass is 10.1.